The molecular formula is C23H38N4O2. The van der Waals surface area contributed by atoms with Gasteiger partial charge in [-0.1, -0.05) is 24.3 Å². The van der Waals surface area contributed by atoms with E-state index in [-0.39, 0.29) is 0 Å². The number of benzene rings is 1. The Hall–Kier alpha value is -1.63. The number of hydrogen-bond donors (Lipinski definition) is 1. The Labute approximate surface area is 176 Å². The first kappa shape index (κ1) is 22.1. The average Bonchev–Trinajstić information content (AvgIpc) is 2.74. The van der Waals surface area contributed by atoms with Gasteiger partial charge >= 0.3 is 0 Å². The quantitative estimate of drug-likeness (QED) is 0.561. The van der Waals surface area contributed by atoms with Crippen molar-refractivity contribution in [2.45, 2.75) is 45.4 Å². The number of nitrogens with zero attached hydrogens (tertiary/aromatic N) is 3. The third-order valence-electron chi connectivity index (χ3n) is 5.96. The van der Waals surface area contributed by atoms with Gasteiger partial charge in [-0.25, -0.2) is 0 Å². The van der Waals surface area contributed by atoms with Crippen LogP contribution in [-0.2, 0) is 22.6 Å². The van der Waals surface area contributed by atoms with Gasteiger partial charge < -0.3 is 19.7 Å². The summed E-state index contributed by atoms with van der Waals surface area (Å²) in [5.74, 6) is 1.74. The van der Waals surface area contributed by atoms with Crippen molar-refractivity contribution in [1.82, 2.24) is 15.1 Å². The number of ether oxygens (including phenoxy) is 2. The summed E-state index contributed by atoms with van der Waals surface area (Å²) in [4.78, 5) is 9.20. The monoisotopic (exact) mass is 402 g/mol. The Morgan fingerprint density at radius 2 is 2.03 bits per heavy atom. The fourth-order valence-electron chi connectivity index (χ4n) is 4.21. The van der Waals surface area contributed by atoms with Crippen molar-refractivity contribution in [3.05, 3.63) is 35.4 Å². The third kappa shape index (κ3) is 7.28. The van der Waals surface area contributed by atoms with Gasteiger partial charge in [0.25, 0.3) is 0 Å². The first-order valence-corrected chi connectivity index (χ1v) is 11.1. The summed E-state index contributed by atoms with van der Waals surface area (Å²) in [6.45, 7) is 9.64. The van der Waals surface area contributed by atoms with Gasteiger partial charge in [0, 0.05) is 60.0 Å². The van der Waals surface area contributed by atoms with Gasteiger partial charge in [0.1, 0.15) is 0 Å². The van der Waals surface area contributed by atoms with Crippen molar-refractivity contribution in [3.8, 4) is 0 Å². The minimum atomic E-state index is 0.327. The Balaban J connectivity index is 1.46. The first-order valence-electron chi connectivity index (χ1n) is 11.1. The predicted molar refractivity (Wildman–Crippen MR) is 118 cm³/mol. The normalized spacial score (nSPS) is 21.9. The molecular weight excluding hydrogens is 364 g/mol. The molecule has 2 fully saturated rings. The van der Waals surface area contributed by atoms with Crippen molar-refractivity contribution < 1.29 is 9.47 Å². The third-order valence-corrected chi connectivity index (χ3v) is 5.96. The summed E-state index contributed by atoms with van der Waals surface area (Å²) in [5, 5.41) is 3.53. The molecule has 0 radical (unpaired) electrons. The minimum Gasteiger partial charge on any atom is -0.381 e. The Kier molecular flexibility index (Phi) is 8.77. The molecule has 162 valence electrons. The fourth-order valence-corrected chi connectivity index (χ4v) is 4.21. The summed E-state index contributed by atoms with van der Waals surface area (Å²) in [6.07, 6.45) is 3.91. The van der Waals surface area contributed by atoms with Crippen LogP contribution in [0, 0.1) is 5.92 Å². The van der Waals surface area contributed by atoms with E-state index in [4.69, 9.17) is 9.47 Å². The molecule has 0 amide bonds. The lowest BCUT2D eigenvalue weighted by atomic mass is 9.96. The predicted octanol–water partition coefficient (Wildman–Crippen LogP) is 2.73. The molecule has 6 nitrogen and oxygen atoms in total. The summed E-state index contributed by atoms with van der Waals surface area (Å²) < 4.78 is 11.1. The van der Waals surface area contributed by atoms with Crippen molar-refractivity contribution >= 4 is 5.96 Å². The molecule has 2 saturated heterocycles. The number of guanidine groups is 1. The largest absolute Gasteiger partial charge is 0.381 e. The van der Waals surface area contributed by atoms with Crippen LogP contribution >= 0.6 is 0 Å². The van der Waals surface area contributed by atoms with Crippen molar-refractivity contribution in [2.75, 3.05) is 53.6 Å². The molecule has 2 aliphatic rings. The van der Waals surface area contributed by atoms with Crippen molar-refractivity contribution in [2.24, 2.45) is 10.9 Å². The van der Waals surface area contributed by atoms with Crippen LogP contribution < -0.4 is 5.32 Å². The lowest BCUT2D eigenvalue weighted by Crippen LogP contribution is -2.40. The van der Waals surface area contributed by atoms with E-state index in [1.54, 1.807) is 0 Å². The molecule has 0 aliphatic carbocycles. The lowest BCUT2D eigenvalue weighted by Gasteiger charge is -2.31. The van der Waals surface area contributed by atoms with Gasteiger partial charge in [0.2, 0.25) is 0 Å². The molecule has 1 unspecified atom stereocenters. The summed E-state index contributed by atoms with van der Waals surface area (Å²) in [6, 6.07) is 8.88. The molecule has 1 atom stereocenters. The molecule has 3 rings (SSSR count). The summed E-state index contributed by atoms with van der Waals surface area (Å²) in [7, 11) is 3.99. The van der Waals surface area contributed by atoms with Crippen LogP contribution in [-0.4, -0.2) is 75.4 Å². The van der Waals surface area contributed by atoms with Crippen molar-refractivity contribution in [1.29, 1.82) is 0 Å². The van der Waals surface area contributed by atoms with Crippen LogP contribution in [0.3, 0.4) is 0 Å². The minimum absolute atomic E-state index is 0.327. The molecule has 29 heavy (non-hydrogen) atoms. The molecule has 1 aromatic carbocycles. The number of hydrogen-bond acceptors (Lipinski definition) is 4. The molecule has 1 aromatic rings. The van der Waals surface area contributed by atoms with E-state index in [1.165, 1.54) is 30.4 Å². The molecule has 0 bridgehead atoms. The highest BCUT2D eigenvalue weighted by molar-refractivity contribution is 5.79. The van der Waals surface area contributed by atoms with Gasteiger partial charge in [-0.3, -0.25) is 9.89 Å². The average molecular weight is 403 g/mol. The second-order valence-electron chi connectivity index (χ2n) is 8.40. The van der Waals surface area contributed by atoms with E-state index in [9.17, 15) is 0 Å². The Morgan fingerprint density at radius 3 is 2.79 bits per heavy atom. The van der Waals surface area contributed by atoms with Gasteiger partial charge in [0.15, 0.2) is 5.96 Å². The number of aliphatic imine (C=N–C) groups is 1. The number of rotatable bonds is 7. The van der Waals surface area contributed by atoms with Crippen molar-refractivity contribution in [3.63, 3.8) is 0 Å². The standard InChI is InChI=1S/C23H38N4O2/c1-19-17-27(11-14-29-19)18-22-6-4-5-21(15-22)16-25-23(24-2)26(3)10-7-20-8-12-28-13-9-20/h4-6,15,19-20H,7-14,16-18H2,1-3H3,(H,24,25). The van der Waals surface area contributed by atoms with E-state index < -0.39 is 0 Å². The number of nitrogens with one attached hydrogen (secondary N) is 1. The van der Waals surface area contributed by atoms with Gasteiger partial charge in [-0.15, -0.1) is 0 Å². The van der Waals surface area contributed by atoms with E-state index in [1.807, 2.05) is 7.05 Å². The van der Waals surface area contributed by atoms with Crippen LogP contribution in [0.1, 0.15) is 37.3 Å². The molecule has 2 heterocycles. The van der Waals surface area contributed by atoms with Gasteiger partial charge in [0.05, 0.1) is 12.7 Å². The second-order valence-corrected chi connectivity index (χ2v) is 8.40. The Bertz CT molecular complexity index is 646. The maximum Gasteiger partial charge on any atom is 0.193 e. The highest BCUT2D eigenvalue weighted by Gasteiger charge is 2.17. The Morgan fingerprint density at radius 1 is 1.24 bits per heavy atom. The molecule has 1 N–H and O–H groups in total. The first-order chi connectivity index (χ1) is 14.1. The second kappa shape index (κ2) is 11.5. The van der Waals surface area contributed by atoms with Crippen LogP contribution in [0.25, 0.3) is 0 Å². The molecule has 2 aliphatic heterocycles. The molecule has 6 heteroatoms. The SMILES string of the molecule is CN=C(NCc1cccc(CN2CCOC(C)C2)c1)N(C)CCC1CCOCC1. The summed E-state index contributed by atoms with van der Waals surface area (Å²) in [5.41, 5.74) is 2.66. The zero-order valence-electron chi connectivity index (χ0n) is 18.4. The van der Waals surface area contributed by atoms with Crippen LogP contribution in [0.2, 0.25) is 0 Å². The van der Waals surface area contributed by atoms with E-state index in [2.05, 4.69) is 58.3 Å². The highest BCUT2D eigenvalue weighted by atomic mass is 16.5. The van der Waals surface area contributed by atoms with Crippen LogP contribution in [0.15, 0.2) is 29.3 Å². The summed E-state index contributed by atoms with van der Waals surface area (Å²) >= 11 is 0. The fraction of sp³-hybridized carbons (Fsp3) is 0.696. The lowest BCUT2D eigenvalue weighted by molar-refractivity contribution is -0.0212. The highest BCUT2D eigenvalue weighted by Crippen LogP contribution is 2.18. The van der Waals surface area contributed by atoms with E-state index in [0.29, 0.717) is 6.10 Å². The molecule has 0 saturated carbocycles. The maximum absolute atomic E-state index is 5.65. The van der Waals surface area contributed by atoms with Gasteiger partial charge in [-0.2, -0.15) is 0 Å². The van der Waals surface area contributed by atoms with E-state index in [0.717, 1.165) is 64.4 Å². The maximum atomic E-state index is 5.65. The molecule has 0 spiro atoms. The van der Waals surface area contributed by atoms with Crippen LogP contribution in [0.4, 0.5) is 0 Å². The number of morpholine rings is 1. The van der Waals surface area contributed by atoms with Gasteiger partial charge in [-0.05, 0) is 43.2 Å². The van der Waals surface area contributed by atoms with E-state index >= 15 is 0 Å². The topological polar surface area (TPSA) is 49.3 Å². The van der Waals surface area contributed by atoms with Crippen LogP contribution in [0.5, 0.6) is 0 Å². The molecule has 0 aromatic heterocycles. The zero-order chi connectivity index (χ0) is 20.5. The zero-order valence-corrected chi connectivity index (χ0v) is 18.4. The smallest absolute Gasteiger partial charge is 0.193 e.